The zero-order valence-electron chi connectivity index (χ0n) is 38.6. The lowest BCUT2D eigenvalue weighted by atomic mass is 9.77. The third-order valence-corrected chi connectivity index (χ3v) is 13.7. The molecule has 0 spiro atoms. The van der Waals surface area contributed by atoms with Gasteiger partial charge in [0, 0.05) is 68.0 Å². The molecule has 0 bridgehead atoms. The van der Waals surface area contributed by atoms with E-state index in [-0.39, 0.29) is 44.3 Å². The molecule has 7 rings (SSSR count). The number of aromatic nitrogens is 1. The quantitative estimate of drug-likeness (QED) is 0.143. The molecule has 2 N–H and O–H groups in total. The molecule has 3 aromatic rings. The molecule has 0 radical (unpaired) electrons. The second-order valence-electron chi connectivity index (χ2n) is 19.8. The summed E-state index contributed by atoms with van der Waals surface area (Å²) in [7, 11) is 3.23. The molecule has 2 unspecified atom stereocenters. The number of amides is 5. The van der Waals surface area contributed by atoms with E-state index in [2.05, 4.69) is 11.9 Å². The number of rotatable bonds is 14. The van der Waals surface area contributed by atoms with Gasteiger partial charge in [-0.2, -0.15) is 0 Å². The predicted octanol–water partition coefficient (Wildman–Crippen LogP) is 5.97. The van der Waals surface area contributed by atoms with Gasteiger partial charge in [0.05, 0.1) is 36.8 Å². The number of fused-ring (bicyclic) bond motifs is 1. The number of likely N-dealkylation sites (N-methyl/N-ethyl adjacent to an activating group) is 1. The molecular formula is C48H62N6O10S. The molecule has 4 aliphatic rings. The van der Waals surface area contributed by atoms with E-state index < -0.39 is 81.7 Å². The Hall–Kier alpha value is -5.55. The SMILES string of the molecule is C=C[C@@H]1C[C@]1(NC(=O)[C@@H]1C[C@@H](Oc2cc(-c3ccccc3)nc3cc(OC)ccc23)CN1C(=O)[C@@H](CC(=O)N1CCC(N(C)C(=O)OC(C)(C)C)C1)C(C)(C)C)C(=O)N(C1CC1)S(=O)O. The normalized spacial score (nSPS) is 23.9. The fourth-order valence-electron chi connectivity index (χ4n) is 8.94. The summed E-state index contributed by atoms with van der Waals surface area (Å²) in [5.41, 5.74) is -0.849. The van der Waals surface area contributed by atoms with Crippen molar-refractivity contribution >= 4 is 51.9 Å². The van der Waals surface area contributed by atoms with E-state index in [0.717, 1.165) is 9.87 Å². The fourth-order valence-corrected chi connectivity index (χ4v) is 9.71. The van der Waals surface area contributed by atoms with E-state index in [1.54, 1.807) is 52.0 Å². The van der Waals surface area contributed by atoms with Gasteiger partial charge in [-0.05, 0) is 64.0 Å². The molecular weight excluding hydrogens is 853 g/mol. The summed E-state index contributed by atoms with van der Waals surface area (Å²) in [6.07, 6.45) is 2.08. The molecule has 3 heterocycles. The number of hydrogen-bond acceptors (Lipinski definition) is 10. The van der Waals surface area contributed by atoms with E-state index in [1.165, 1.54) is 9.80 Å². The number of pyridine rings is 1. The van der Waals surface area contributed by atoms with Crippen molar-refractivity contribution in [2.45, 2.75) is 115 Å². The van der Waals surface area contributed by atoms with Gasteiger partial charge in [-0.1, -0.05) is 57.2 Å². The molecule has 2 saturated heterocycles. The average Bonchev–Trinajstić information content (AvgIpc) is 4.11. The first kappa shape index (κ1) is 47.4. The number of likely N-dealkylation sites (tertiary alicyclic amines) is 2. The Balaban J connectivity index is 1.18. The average molecular weight is 915 g/mol. The second kappa shape index (κ2) is 18.4. The van der Waals surface area contributed by atoms with E-state index in [0.29, 0.717) is 53.9 Å². The van der Waals surface area contributed by atoms with E-state index >= 15 is 4.79 Å². The summed E-state index contributed by atoms with van der Waals surface area (Å²) in [5.74, 6) is -2.29. The van der Waals surface area contributed by atoms with Gasteiger partial charge in [-0.3, -0.25) is 23.7 Å². The Kier molecular flexibility index (Phi) is 13.4. The maximum atomic E-state index is 15.2. The maximum absolute atomic E-state index is 15.2. The highest BCUT2D eigenvalue weighted by atomic mass is 32.2. The molecule has 16 nitrogen and oxygen atoms in total. The predicted molar refractivity (Wildman–Crippen MR) is 245 cm³/mol. The molecule has 2 aliphatic carbocycles. The number of methoxy groups -OCH3 is 1. The van der Waals surface area contributed by atoms with E-state index in [1.807, 2.05) is 69.3 Å². The second-order valence-corrected chi connectivity index (χ2v) is 20.7. The Bertz CT molecular complexity index is 2360. The van der Waals surface area contributed by atoms with Crippen LogP contribution in [-0.4, -0.2) is 132 Å². The number of carbonyl (C=O) groups excluding carboxylic acids is 5. The number of benzene rings is 2. The zero-order chi connectivity index (χ0) is 47.2. The summed E-state index contributed by atoms with van der Waals surface area (Å²) >= 11 is -2.61. The minimum Gasteiger partial charge on any atom is -0.497 e. The van der Waals surface area contributed by atoms with Gasteiger partial charge in [0.15, 0.2) is 0 Å². The van der Waals surface area contributed by atoms with Crippen molar-refractivity contribution in [2.24, 2.45) is 17.3 Å². The maximum Gasteiger partial charge on any atom is 0.410 e. The van der Waals surface area contributed by atoms with E-state index in [4.69, 9.17) is 19.2 Å². The lowest BCUT2D eigenvalue weighted by Crippen LogP contribution is -2.57. The summed E-state index contributed by atoms with van der Waals surface area (Å²) in [4.78, 5) is 80.6. The zero-order valence-corrected chi connectivity index (χ0v) is 39.4. The molecule has 4 fully saturated rings. The number of hydrogen-bond donors (Lipinski definition) is 2. The van der Waals surface area contributed by atoms with Crippen molar-refractivity contribution in [3.05, 3.63) is 67.3 Å². The first-order chi connectivity index (χ1) is 30.6. The minimum absolute atomic E-state index is 0.0223. The van der Waals surface area contributed by atoms with Crippen LogP contribution in [-0.2, 0) is 35.2 Å². The molecule has 7 atom stereocenters. The van der Waals surface area contributed by atoms with Crippen LogP contribution in [0, 0.1) is 17.3 Å². The number of nitrogens with one attached hydrogen (secondary N) is 1. The Morgan fingerprint density at radius 2 is 1.72 bits per heavy atom. The molecule has 350 valence electrons. The summed E-state index contributed by atoms with van der Waals surface area (Å²) in [5, 5.41) is 3.62. The third-order valence-electron chi connectivity index (χ3n) is 12.9. The van der Waals surface area contributed by atoms with Crippen LogP contribution in [0.15, 0.2) is 67.3 Å². The Labute approximate surface area is 383 Å². The molecule has 5 amide bonds. The largest absolute Gasteiger partial charge is 0.497 e. The van der Waals surface area contributed by atoms with Crippen LogP contribution in [0.1, 0.15) is 80.1 Å². The van der Waals surface area contributed by atoms with Crippen molar-refractivity contribution in [2.75, 3.05) is 33.8 Å². The minimum atomic E-state index is -2.61. The molecule has 1 aromatic heterocycles. The highest BCUT2D eigenvalue weighted by Gasteiger charge is 2.64. The van der Waals surface area contributed by atoms with Crippen LogP contribution < -0.4 is 14.8 Å². The van der Waals surface area contributed by atoms with Gasteiger partial charge >= 0.3 is 6.09 Å². The van der Waals surface area contributed by atoms with Crippen molar-refractivity contribution in [1.82, 2.24) is 29.3 Å². The van der Waals surface area contributed by atoms with Gasteiger partial charge in [-0.15, -0.1) is 6.58 Å². The standard InChI is InChI=1S/C48H62N6O10S/c1-10-30-26-48(30,44(58)54(65(60)61)31-16-17-31)50-42(56)39-23-34(63-40-25-37(29-14-12-11-13-15-29)49-38-22-33(62-9)18-19-35(38)40)28-53(39)43(57)36(46(2,3)4)24-41(55)52-21-20-32(27-52)51(8)45(59)64-47(5,6)7/h10-15,18-19,22,25,30-32,34,36,39H,1,16-17,20-21,23-24,26-28H2,2-9H3,(H,50,56)(H,60,61)/t30-,32?,34-,36-,39+,48-/m1/s1. The van der Waals surface area contributed by atoms with Crippen molar-refractivity contribution < 1.29 is 46.9 Å². The first-order valence-electron chi connectivity index (χ1n) is 22.3. The monoisotopic (exact) mass is 914 g/mol. The van der Waals surface area contributed by atoms with Gasteiger partial charge in [0.1, 0.15) is 34.8 Å². The molecule has 2 aliphatic heterocycles. The topological polar surface area (TPSA) is 188 Å². The molecule has 2 saturated carbocycles. The van der Waals surface area contributed by atoms with Crippen LogP contribution in [0.5, 0.6) is 11.5 Å². The third kappa shape index (κ3) is 10.3. The molecule has 2 aromatic carbocycles. The van der Waals surface area contributed by atoms with Gasteiger partial charge in [-0.25, -0.2) is 18.3 Å². The lowest BCUT2D eigenvalue weighted by Gasteiger charge is -2.36. The van der Waals surface area contributed by atoms with Crippen LogP contribution in [0.25, 0.3) is 22.2 Å². The smallest absolute Gasteiger partial charge is 0.410 e. The van der Waals surface area contributed by atoms with Crippen LogP contribution >= 0.6 is 0 Å². The molecule has 65 heavy (non-hydrogen) atoms. The van der Waals surface area contributed by atoms with E-state index in [9.17, 15) is 27.9 Å². The number of carbonyl (C=O) groups is 5. The summed E-state index contributed by atoms with van der Waals surface area (Å²) in [6, 6.07) is 15.1. The van der Waals surface area contributed by atoms with Gasteiger partial charge < -0.3 is 34.2 Å². The highest BCUT2D eigenvalue weighted by molar-refractivity contribution is 7.77. The Morgan fingerprint density at radius 1 is 1.02 bits per heavy atom. The number of ether oxygens (including phenoxy) is 3. The molecule has 17 heteroatoms. The van der Waals surface area contributed by atoms with Crippen molar-refractivity contribution in [3.8, 4) is 22.8 Å². The summed E-state index contributed by atoms with van der Waals surface area (Å²) < 4.78 is 41.4. The van der Waals surface area contributed by atoms with Gasteiger partial charge in [0.25, 0.3) is 17.2 Å². The number of nitrogens with zero attached hydrogens (tertiary/aromatic N) is 5. The van der Waals surface area contributed by atoms with Crippen LogP contribution in [0.2, 0.25) is 0 Å². The van der Waals surface area contributed by atoms with Gasteiger partial charge in [0.2, 0.25) is 17.7 Å². The van der Waals surface area contributed by atoms with Crippen LogP contribution in [0.3, 0.4) is 0 Å². The lowest BCUT2D eigenvalue weighted by molar-refractivity contribution is -0.148. The van der Waals surface area contributed by atoms with Crippen molar-refractivity contribution in [1.29, 1.82) is 0 Å². The highest BCUT2D eigenvalue weighted by Crippen LogP contribution is 2.48. The fraction of sp³-hybridized carbons (Fsp3) is 0.542. The first-order valence-corrected chi connectivity index (χ1v) is 23.3. The van der Waals surface area contributed by atoms with Crippen LogP contribution in [0.4, 0.5) is 4.79 Å². The summed E-state index contributed by atoms with van der Waals surface area (Å²) in [6.45, 7) is 15.5. The van der Waals surface area contributed by atoms with Crippen molar-refractivity contribution in [3.63, 3.8) is 0 Å². The Morgan fingerprint density at radius 3 is 2.32 bits per heavy atom.